The van der Waals surface area contributed by atoms with Crippen molar-refractivity contribution in [2.24, 2.45) is 5.18 Å². The topological polar surface area (TPSA) is 137 Å². The number of carbonyl (C=O) groups is 3. The molecule has 0 atom stereocenters. The summed E-state index contributed by atoms with van der Waals surface area (Å²) in [7, 11) is 5.24. The van der Waals surface area contributed by atoms with Crippen LogP contribution in [0.15, 0.2) is 65.8 Å². The van der Waals surface area contributed by atoms with Gasteiger partial charge in [0.1, 0.15) is 18.0 Å². The van der Waals surface area contributed by atoms with Crippen molar-refractivity contribution in [3.8, 4) is 11.5 Å². The first kappa shape index (κ1) is 35.1. The molecule has 0 radical (unpaired) electrons. The minimum absolute atomic E-state index is 0.0233. The molecule has 1 aliphatic rings. The average molecular weight is 669 g/mol. The fourth-order valence-corrected chi connectivity index (χ4v) is 5.95. The van der Waals surface area contributed by atoms with Gasteiger partial charge in [-0.2, -0.15) is 4.91 Å². The summed E-state index contributed by atoms with van der Waals surface area (Å²) < 4.78 is 11.7. The summed E-state index contributed by atoms with van der Waals surface area (Å²) in [4.78, 5) is 59.1. The van der Waals surface area contributed by atoms with Crippen molar-refractivity contribution in [3.63, 3.8) is 0 Å². The number of nitrogens with zero attached hydrogens (tertiary/aromatic N) is 4. The van der Waals surface area contributed by atoms with Crippen molar-refractivity contribution in [1.82, 2.24) is 14.8 Å². The zero-order valence-corrected chi connectivity index (χ0v) is 28.6. The summed E-state index contributed by atoms with van der Waals surface area (Å²) >= 11 is 0. The molecule has 0 aliphatic carbocycles. The van der Waals surface area contributed by atoms with Crippen LogP contribution in [0.3, 0.4) is 0 Å². The van der Waals surface area contributed by atoms with Gasteiger partial charge in [-0.05, 0) is 87.3 Å². The van der Waals surface area contributed by atoms with E-state index in [0.29, 0.717) is 58.1 Å². The molecule has 3 aromatic carbocycles. The molecule has 1 aliphatic heterocycles. The van der Waals surface area contributed by atoms with Crippen LogP contribution in [0, 0.1) is 11.8 Å². The summed E-state index contributed by atoms with van der Waals surface area (Å²) in [5.41, 5.74) is 4.15. The zero-order valence-electron chi connectivity index (χ0n) is 28.6. The van der Waals surface area contributed by atoms with Gasteiger partial charge in [0, 0.05) is 67.4 Å². The van der Waals surface area contributed by atoms with E-state index >= 15 is 0 Å². The van der Waals surface area contributed by atoms with Crippen LogP contribution in [-0.2, 0) is 11.3 Å². The number of ether oxygens (including phenoxy) is 2. The Balaban J connectivity index is 1.20. The van der Waals surface area contributed by atoms with Crippen LogP contribution in [-0.4, -0.2) is 86.5 Å². The van der Waals surface area contributed by atoms with Crippen LogP contribution in [0.1, 0.15) is 57.7 Å². The number of nitroso groups, excluding NO2 is 1. The molecular formula is C37H44N6O6. The van der Waals surface area contributed by atoms with E-state index in [1.54, 1.807) is 43.4 Å². The Hall–Kier alpha value is -5.23. The van der Waals surface area contributed by atoms with E-state index in [9.17, 15) is 19.3 Å². The smallest absolute Gasteiger partial charge is 0.258 e. The second-order valence-electron chi connectivity index (χ2n) is 12.4. The van der Waals surface area contributed by atoms with Gasteiger partial charge < -0.3 is 34.5 Å². The lowest BCUT2D eigenvalue weighted by atomic mass is 10.1. The number of nitrogens with one attached hydrogen (secondary N) is 2. The van der Waals surface area contributed by atoms with E-state index in [2.05, 4.69) is 27.4 Å². The Kier molecular flexibility index (Phi) is 11.6. The third kappa shape index (κ3) is 8.63. The Labute approximate surface area is 286 Å². The van der Waals surface area contributed by atoms with E-state index in [4.69, 9.17) is 9.47 Å². The Morgan fingerprint density at radius 2 is 1.76 bits per heavy atom. The molecule has 4 aromatic rings. The number of unbranched alkanes of at least 4 members (excludes halogenated alkanes) is 2. The number of aromatic amines is 1. The maximum absolute atomic E-state index is 13.7. The van der Waals surface area contributed by atoms with Crippen molar-refractivity contribution in [2.45, 2.75) is 39.2 Å². The molecule has 49 heavy (non-hydrogen) atoms. The monoisotopic (exact) mass is 668 g/mol. The first-order chi connectivity index (χ1) is 23.7. The number of rotatable bonds is 14. The molecule has 0 unspecified atom stereocenters. The zero-order chi connectivity index (χ0) is 34.9. The second-order valence-corrected chi connectivity index (χ2v) is 12.4. The molecule has 0 spiro atoms. The molecule has 0 bridgehead atoms. The van der Waals surface area contributed by atoms with Gasteiger partial charge in [0.2, 0.25) is 5.91 Å². The van der Waals surface area contributed by atoms with Gasteiger partial charge in [-0.25, -0.2) is 0 Å². The van der Waals surface area contributed by atoms with Gasteiger partial charge in [-0.3, -0.25) is 14.4 Å². The predicted molar refractivity (Wildman–Crippen MR) is 191 cm³/mol. The first-order valence-electron chi connectivity index (χ1n) is 16.6. The minimum Gasteiger partial charge on any atom is -0.495 e. The lowest BCUT2D eigenvalue weighted by molar-refractivity contribution is -0.132. The Bertz CT molecular complexity index is 1810. The van der Waals surface area contributed by atoms with E-state index in [1.807, 2.05) is 36.1 Å². The maximum Gasteiger partial charge on any atom is 0.258 e. The maximum atomic E-state index is 13.7. The van der Waals surface area contributed by atoms with Crippen LogP contribution in [0.4, 0.5) is 11.4 Å². The van der Waals surface area contributed by atoms with E-state index in [-0.39, 0.29) is 24.3 Å². The van der Waals surface area contributed by atoms with Crippen molar-refractivity contribution in [3.05, 3.63) is 88.0 Å². The highest BCUT2D eigenvalue weighted by molar-refractivity contribution is 6.13. The highest BCUT2D eigenvalue weighted by Gasteiger charge is 2.21. The summed E-state index contributed by atoms with van der Waals surface area (Å²) in [6, 6.07) is 17.6. The molecule has 1 saturated heterocycles. The largest absolute Gasteiger partial charge is 0.495 e. The van der Waals surface area contributed by atoms with E-state index in [1.165, 1.54) is 12.0 Å². The van der Waals surface area contributed by atoms with Crippen LogP contribution < -0.4 is 19.7 Å². The standard InChI is InChI=1S/C37H44N6O6/c1-25-12-15-32(34(21-25)49-20-7-5-6-11-35(44)43-18-16-41(2)17-19-43)42(3)37(46)26-13-14-31(33(22-26)48-4)40-36(45)28-9-8-10-30-29(28)23-27(39-30)24-38-47/h8-10,12-15,21-23,39H,5-7,11,16-20,24H2,1-4H3,(H,40,45). The van der Waals surface area contributed by atoms with Crippen molar-refractivity contribution >= 4 is 40.0 Å². The number of aryl methyl sites for hydroxylation is 1. The van der Waals surface area contributed by atoms with Gasteiger partial charge in [0.05, 0.1) is 25.1 Å². The number of likely N-dealkylation sites (N-methyl/N-ethyl adjacent to an activating group) is 1. The van der Waals surface area contributed by atoms with Crippen molar-refractivity contribution in [2.75, 3.05) is 64.2 Å². The quantitative estimate of drug-likeness (QED) is 0.124. The lowest BCUT2D eigenvalue weighted by Crippen LogP contribution is -2.47. The SMILES string of the molecule is COc1cc(C(=O)N(C)c2ccc(C)cc2OCCCCCC(=O)N2CCN(C)CC2)ccc1NC(=O)c1cccc2[nH]c(CN=O)cc12. The number of piperazine rings is 1. The summed E-state index contributed by atoms with van der Waals surface area (Å²) in [6.07, 6.45) is 3.03. The molecular weight excluding hydrogens is 624 g/mol. The van der Waals surface area contributed by atoms with Crippen molar-refractivity contribution in [1.29, 1.82) is 0 Å². The van der Waals surface area contributed by atoms with Crippen LogP contribution >= 0.6 is 0 Å². The number of carbonyl (C=O) groups excluding carboxylic acids is 3. The molecule has 12 heteroatoms. The summed E-state index contributed by atoms with van der Waals surface area (Å²) in [5, 5.41) is 6.47. The predicted octanol–water partition coefficient (Wildman–Crippen LogP) is 5.99. The fourth-order valence-electron chi connectivity index (χ4n) is 5.95. The van der Waals surface area contributed by atoms with Gasteiger partial charge in [0.15, 0.2) is 0 Å². The molecule has 3 amide bonds. The number of amides is 3. The van der Waals surface area contributed by atoms with Crippen LogP contribution in [0.5, 0.6) is 11.5 Å². The molecule has 0 saturated carbocycles. The molecule has 12 nitrogen and oxygen atoms in total. The van der Waals surface area contributed by atoms with Crippen LogP contribution in [0.25, 0.3) is 10.9 Å². The fraction of sp³-hybridized carbons (Fsp3) is 0.378. The molecule has 2 heterocycles. The van der Waals surface area contributed by atoms with Gasteiger partial charge in [-0.1, -0.05) is 17.3 Å². The number of fused-ring (bicyclic) bond motifs is 1. The molecule has 1 fully saturated rings. The highest BCUT2D eigenvalue weighted by Crippen LogP contribution is 2.32. The first-order valence-corrected chi connectivity index (χ1v) is 16.6. The lowest BCUT2D eigenvalue weighted by Gasteiger charge is -2.32. The Morgan fingerprint density at radius 1 is 0.959 bits per heavy atom. The number of benzene rings is 3. The number of aromatic nitrogens is 1. The van der Waals surface area contributed by atoms with Crippen LogP contribution in [0.2, 0.25) is 0 Å². The number of hydrogen-bond donors (Lipinski definition) is 2. The Morgan fingerprint density at radius 3 is 2.51 bits per heavy atom. The van der Waals surface area contributed by atoms with Crippen molar-refractivity contribution < 1.29 is 23.9 Å². The molecule has 258 valence electrons. The third-order valence-corrected chi connectivity index (χ3v) is 8.83. The summed E-state index contributed by atoms with van der Waals surface area (Å²) in [6.45, 7) is 5.85. The summed E-state index contributed by atoms with van der Waals surface area (Å²) in [5.74, 6) is 0.505. The molecule has 5 rings (SSSR count). The third-order valence-electron chi connectivity index (χ3n) is 8.83. The number of methoxy groups -OCH3 is 1. The van der Waals surface area contributed by atoms with E-state index < -0.39 is 0 Å². The van der Waals surface area contributed by atoms with Gasteiger partial charge in [0.25, 0.3) is 11.8 Å². The number of anilines is 2. The number of hydrogen-bond acceptors (Lipinski definition) is 8. The van der Waals surface area contributed by atoms with Gasteiger partial charge >= 0.3 is 0 Å². The highest BCUT2D eigenvalue weighted by atomic mass is 16.5. The minimum atomic E-state index is -0.368. The normalized spacial score (nSPS) is 13.3. The average Bonchev–Trinajstić information content (AvgIpc) is 3.52. The van der Waals surface area contributed by atoms with E-state index in [0.717, 1.165) is 56.5 Å². The second kappa shape index (κ2) is 16.2. The molecule has 1 aromatic heterocycles. The van der Waals surface area contributed by atoms with Gasteiger partial charge in [-0.15, -0.1) is 0 Å². The number of H-pyrrole nitrogens is 1. The molecule has 2 N–H and O–H groups in total.